The van der Waals surface area contributed by atoms with Gasteiger partial charge in [0, 0.05) is 16.3 Å². The molecular formula is C20H22BrClN2O2S. The monoisotopic (exact) mass is 468 g/mol. The SMILES string of the molecule is CCOc1ccccc1N1CC(O)(c2ccc(Cl)cc2)[N+]2=C1SCCC2.[Br-]. The molecule has 2 aliphatic rings. The molecule has 0 saturated heterocycles. The van der Waals surface area contributed by atoms with E-state index in [0.29, 0.717) is 18.2 Å². The fourth-order valence-corrected chi connectivity index (χ4v) is 4.91. The summed E-state index contributed by atoms with van der Waals surface area (Å²) >= 11 is 7.84. The van der Waals surface area contributed by atoms with Crippen molar-refractivity contribution in [3.63, 3.8) is 0 Å². The standard InChI is InChI=1S/C20H22ClN2O2S.BrH/c1-2-25-18-7-4-3-6-17(18)22-14-20(24,15-8-10-16(21)11-9-15)23-12-5-13-26-19(22)23;/h3-4,6-11,24H,2,5,12-14H2,1H3;1H/q+1;/p-1. The highest BCUT2D eigenvalue weighted by Crippen LogP contribution is 2.40. The highest BCUT2D eigenvalue weighted by molar-refractivity contribution is 8.13. The number of ether oxygens (including phenoxy) is 1. The van der Waals surface area contributed by atoms with Gasteiger partial charge in [-0.1, -0.05) is 35.9 Å². The fraction of sp³-hybridized carbons (Fsp3) is 0.350. The molecule has 0 bridgehead atoms. The maximum absolute atomic E-state index is 11.7. The maximum atomic E-state index is 11.7. The molecule has 1 N–H and O–H groups in total. The Balaban J connectivity index is 0.00000210. The van der Waals surface area contributed by atoms with E-state index in [1.807, 2.05) is 49.4 Å². The molecule has 0 amide bonds. The summed E-state index contributed by atoms with van der Waals surface area (Å²) in [6, 6.07) is 15.5. The molecule has 2 aliphatic heterocycles. The zero-order valence-electron chi connectivity index (χ0n) is 15.1. The topological polar surface area (TPSA) is 35.7 Å². The van der Waals surface area contributed by atoms with Crippen LogP contribution in [0.4, 0.5) is 5.69 Å². The first-order valence-electron chi connectivity index (χ1n) is 8.88. The van der Waals surface area contributed by atoms with E-state index < -0.39 is 5.72 Å². The van der Waals surface area contributed by atoms with Gasteiger partial charge in [-0.3, -0.25) is 0 Å². The van der Waals surface area contributed by atoms with E-state index in [4.69, 9.17) is 16.3 Å². The number of hydrogen-bond donors (Lipinski definition) is 1. The summed E-state index contributed by atoms with van der Waals surface area (Å²) in [6.45, 7) is 3.88. The molecule has 1 unspecified atom stereocenters. The molecule has 0 aliphatic carbocycles. The Morgan fingerprint density at radius 3 is 2.70 bits per heavy atom. The summed E-state index contributed by atoms with van der Waals surface area (Å²) in [5, 5.41) is 13.4. The van der Waals surface area contributed by atoms with Crippen LogP contribution in [0.3, 0.4) is 0 Å². The van der Waals surface area contributed by atoms with Crippen molar-refractivity contribution in [3.8, 4) is 5.75 Å². The predicted octanol–water partition coefficient (Wildman–Crippen LogP) is 0.913. The van der Waals surface area contributed by atoms with E-state index in [2.05, 4.69) is 15.5 Å². The zero-order chi connectivity index (χ0) is 18.1. The van der Waals surface area contributed by atoms with E-state index in [1.165, 1.54) is 0 Å². The molecule has 144 valence electrons. The lowest BCUT2D eigenvalue weighted by Crippen LogP contribution is -3.00. The Hall–Kier alpha value is -1.21. The van der Waals surface area contributed by atoms with Crippen LogP contribution in [0.25, 0.3) is 0 Å². The van der Waals surface area contributed by atoms with Gasteiger partial charge in [-0.25, -0.2) is 9.48 Å². The third kappa shape index (κ3) is 3.73. The molecule has 4 rings (SSSR count). The first-order valence-corrected chi connectivity index (χ1v) is 10.2. The number of amidine groups is 1. The van der Waals surface area contributed by atoms with Crippen LogP contribution >= 0.6 is 23.4 Å². The second-order valence-corrected chi connectivity index (χ2v) is 7.95. The molecule has 0 aromatic heterocycles. The molecule has 0 saturated carbocycles. The van der Waals surface area contributed by atoms with Crippen molar-refractivity contribution in [1.82, 2.24) is 0 Å². The predicted molar refractivity (Wildman–Crippen MR) is 108 cm³/mol. The van der Waals surface area contributed by atoms with Crippen LogP contribution in [0.1, 0.15) is 18.9 Å². The van der Waals surface area contributed by atoms with E-state index in [0.717, 1.165) is 40.9 Å². The number of hydrogen-bond acceptors (Lipinski definition) is 4. The van der Waals surface area contributed by atoms with Crippen LogP contribution in [0.15, 0.2) is 48.5 Å². The van der Waals surface area contributed by atoms with E-state index in [-0.39, 0.29) is 17.0 Å². The van der Waals surface area contributed by atoms with Crippen molar-refractivity contribution in [2.45, 2.75) is 19.1 Å². The Morgan fingerprint density at radius 2 is 1.96 bits per heavy atom. The molecule has 7 heteroatoms. The molecule has 2 aromatic rings. The number of thioether (sulfide) groups is 1. The molecule has 27 heavy (non-hydrogen) atoms. The van der Waals surface area contributed by atoms with Gasteiger partial charge in [0.05, 0.1) is 13.2 Å². The van der Waals surface area contributed by atoms with Gasteiger partial charge >= 0.3 is 5.17 Å². The Kier molecular flexibility index (Phi) is 6.41. The summed E-state index contributed by atoms with van der Waals surface area (Å²) in [5.41, 5.74) is 0.777. The van der Waals surface area contributed by atoms with Gasteiger partial charge in [-0.2, -0.15) is 0 Å². The number of para-hydroxylation sites is 2. The highest BCUT2D eigenvalue weighted by atomic mass is 79.9. The van der Waals surface area contributed by atoms with Crippen molar-refractivity contribution in [1.29, 1.82) is 0 Å². The van der Waals surface area contributed by atoms with Crippen LogP contribution in [0.5, 0.6) is 5.75 Å². The second-order valence-electron chi connectivity index (χ2n) is 6.45. The number of nitrogens with zero attached hydrogens (tertiary/aromatic N) is 2. The van der Waals surface area contributed by atoms with Crippen molar-refractivity contribution in [2.24, 2.45) is 0 Å². The summed E-state index contributed by atoms with van der Waals surface area (Å²) in [7, 11) is 0. The third-order valence-corrected chi connectivity index (χ3v) is 6.25. The minimum atomic E-state index is -1.08. The van der Waals surface area contributed by atoms with Crippen molar-refractivity contribution >= 4 is 34.2 Å². The quantitative estimate of drug-likeness (QED) is 0.676. The second kappa shape index (κ2) is 8.43. The number of rotatable bonds is 4. The Bertz CT molecular complexity index is 846. The van der Waals surface area contributed by atoms with Crippen molar-refractivity contribution in [2.75, 3.05) is 30.3 Å². The van der Waals surface area contributed by atoms with Gasteiger partial charge in [0.15, 0.2) is 18.0 Å². The lowest BCUT2D eigenvalue weighted by atomic mass is 10.0. The molecule has 0 fully saturated rings. The molecule has 0 radical (unpaired) electrons. The van der Waals surface area contributed by atoms with Crippen LogP contribution in [-0.2, 0) is 5.72 Å². The number of β-amino-alcohol motifs (C(OH)–C–C–N with tert-alkyl or cyclic N) is 1. The van der Waals surface area contributed by atoms with Crippen LogP contribution in [-0.4, -0.2) is 40.3 Å². The summed E-state index contributed by atoms with van der Waals surface area (Å²) < 4.78 is 7.96. The zero-order valence-corrected chi connectivity index (χ0v) is 18.2. The lowest BCUT2D eigenvalue weighted by Gasteiger charge is -2.24. The van der Waals surface area contributed by atoms with Crippen LogP contribution < -0.4 is 26.6 Å². The highest BCUT2D eigenvalue weighted by Gasteiger charge is 2.53. The van der Waals surface area contributed by atoms with Gasteiger partial charge in [0.25, 0.3) is 5.72 Å². The molecular weight excluding hydrogens is 448 g/mol. The van der Waals surface area contributed by atoms with Crippen LogP contribution in [0.2, 0.25) is 5.02 Å². The summed E-state index contributed by atoms with van der Waals surface area (Å²) in [4.78, 5) is 2.18. The number of benzene rings is 2. The van der Waals surface area contributed by atoms with Gasteiger partial charge in [-0.05, 0) is 49.4 Å². The fourth-order valence-electron chi connectivity index (χ4n) is 3.61. The normalized spacial score (nSPS) is 21.7. The molecule has 0 spiro atoms. The van der Waals surface area contributed by atoms with Crippen molar-refractivity contribution in [3.05, 3.63) is 59.1 Å². The summed E-state index contributed by atoms with van der Waals surface area (Å²) in [6.07, 6.45) is 1.05. The van der Waals surface area contributed by atoms with Gasteiger partial charge in [-0.15, -0.1) is 0 Å². The molecule has 1 atom stereocenters. The van der Waals surface area contributed by atoms with Crippen molar-refractivity contribution < 1.29 is 31.4 Å². The third-order valence-electron chi connectivity index (χ3n) is 4.81. The van der Waals surface area contributed by atoms with E-state index in [1.54, 1.807) is 11.8 Å². The van der Waals surface area contributed by atoms with Gasteiger partial charge < -0.3 is 26.8 Å². The van der Waals surface area contributed by atoms with Gasteiger partial charge in [0.2, 0.25) is 0 Å². The first-order chi connectivity index (χ1) is 12.6. The Labute approximate surface area is 179 Å². The minimum absolute atomic E-state index is 0. The first kappa shape index (κ1) is 20.5. The minimum Gasteiger partial charge on any atom is -1.00 e. The molecule has 2 heterocycles. The lowest BCUT2D eigenvalue weighted by molar-refractivity contribution is -0.656. The molecule has 2 aromatic carbocycles. The number of halogens is 2. The van der Waals surface area contributed by atoms with Gasteiger partial charge in [0.1, 0.15) is 0 Å². The van der Waals surface area contributed by atoms with E-state index >= 15 is 0 Å². The smallest absolute Gasteiger partial charge is 0.316 e. The maximum Gasteiger partial charge on any atom is 0.316 e. The average molecular weight is 470 g/mol. The Morgan fingerprint density at radius 1 is 1.22 bits per heavy atom. The average Bonchev–Trinajstić information content (AvgIpc) is 2.97. The van der Waals surface area contributed by atoms with Crippen LogP contribution in [0, 0.1) is 0 Å². The largest absolute Gasteiger partial charge is 1.00 e. The molecule has 4 nitrogen and oxygen atoms in total. The number of anilines is 1. The van der Waals surface area contributed by atoms with E-state index in [9.17, 15) is 5.11 Å². The number of aliphatic hydroxyl groups is 1. The summed E-state index contributed by atoms with van der Waals surface area (Å²) in [5.74, 6) is 1.89.